The number of nitrogens with one attached hydrogen (secondary N) is 1. The van der Waals surface area contributed by atoms with Crippen molar-refractivity contribution in [1.82, 2.24) is 5.43 Å². The summed E-state index contributed by atoms with van der Waals surface area (Å²) in [7, 11) is 2.71. The maximum absolute atomic E-state index is 12.7. The van der Waals surface area contributed by atoms with Crippen molar-refractivity contribution in [2.24, 2.45) is 0 Å². The Morgan fingerprint density at radius 2 is 1.82 bits per heavy atom. The van der Waals surface area contributed by atoms with E-state index in [1.807, 2.05) is 0 Å². The molecule has 0 spiro atoms. The molecule has 10 heteroatoms. The van der Waals surface area contributed by atoms with Gasteiger partial charge in [-0.3, -0.25) is 25.1 Å². The Bertz CT molecular complexity index is 1020. The van der Waals surface area contributed by atoms with Gasteiger partial charge in [-0.15, -0.1) is 0 Å². The lowest BCUT2D eigenvalue weighted by Crippen LogP contribution is -2.35. The van der Waals surface area contributed by atoms with Gasteiger partial charge in [0.25, 0.3) is 17.5 Å². The number of hydrogen-bond acceptors (Lipinski definition) is 6. The smallest absolute Gasteiger partial charge is 0.282 e. The second-order valence-electron chi connectivity index (χ2n) is 5.64. The molecule has 3 rings (SSSR count). The van der Waals surface area contributed by atoms with Gasteiger partial charge in [-0.2, -0.15) is 0 Å². The van der Waals surface area contributed by atoms with Crippen LogP contribution >= 0.6 is 11.6 Å². The Kier molecular flexibility index (Phi) is 5.18. The molecule has 0 bridgehead atoms. The fraction of sp³-hybridized carbons (Fsp3) is 0.111. The lowest BCUT2D eigenvalue weighted by Gasteiger charge is -2.14. The number of amides is 2. The van der Waals surface area contributed by atoms with Gasteiger partial charge in [0.15, 0.2) is 11.5 Å². The van der Waals surface area contributed by atoms with Crippen molar-refractivity contribution in [3.63, 3.8) is 0 Å². The van der Waals surface area contributed by atoms with E-state index >= 15 is 0 Å². The molecule has 1 aliphatic heterocycles. The number of ether oxygens (including phenoxy) is 2. The summed E-state index contributed by atoms with van der Waals surface area (Å²) in [6, 6.07) is 8.83. The molecule has 0 radical (unpaired) electrons. The quantitative estimate of drug-likeness (QED) is 0.355. The second kappa shape index (κ2) is 7.57. The number of hydrogen-bond donors (Lipinski definition) is 1. The van der Waals surface area contributed by atoms with Crippen LogP contribution in [0.4, 0.5) is 11.4 Å². The Labute approximate surface area is 164 Å². The third-order valence-corrected chi connectivity index (χ3v) is 4.22. The van der Waals surface area contributed by atoms with Gasteiger partial charge >= 0.3 is 0 Å². The van der Waals surface area contributed by atoms with E-state index in [1.54, 1.807) is 18.2 Å². The van der Waals surface area contributed by atoms with Gasteiger partial charge < -0.3 is 9.47 Å². The Morgan fingerprint density at radius 3 is 2.43 bits per heavy atom. The molecular formula is C18H14ClN3O6. The van der Waals surface area contributed by atoms with Crippen molar-refractivity contribution < 1.29 is 24.0 Å². The number of nitrogens with zero attached hydrogens (tertiary/aromatic N) is 2. The number of carbonyl (C=O) groups excluding carboxylic acids is 2. The average Bonchev–Trinajstić information content (AvgIpc) is 2.95. The molecule has 28 heavy (non-hydrogen) atoms. The highest BCUT2D eigenvalue weighted by atomic mass is 35.5. The molecule has 1 heterocycles. The van der Waals surface area contributed by atoms with Crippen molar-refractivity contribution in [2.45, 2.75) is 0 Å². The molecule has 2 aromatic carbocycles. The molecule has 1 saturated heterocycles. The number of methoxy groups -OCH3 is 2. The highest BCUT2D eigenvalue weighted by Crippen LogP contribution is 2.36. The summed E-state index contributed by atoms with van der Waals surface area (Å²) in [6.45, 7) is 0. The predicted molar refractivity (Wildman–Crippen MR) is 101 cm³/mol. The zero-order valence-electron chi connectivity index (χ0n) is 14.8. The van der Waals surface area contributed by atoms with Crippen LogP contribution in [0.1, 0.15) is 5.56 Å². The minimum absolute atomic E-state index is 0.0223. The summed E-state index contributed by atoms with van der Waals surface area (Å²) in [6.07, 6.45) is 1.14. The molecular weight excluding hydrogens is 390 g/mol. The van der Waals surface area contributed by atoms with Crippen molar-refractivity contribution in [2.75, 3.05) is 19.2 Å². The van der Waals surface area contributed by atoms with E-state index in [2.05, 4.69) is 5.43 Å². The molecule has 0 atom stereocenters. The minimum Gasteiger partial charge on any atom is -0.493 e. The van der Waals surface area contributed by atoms with Crippen LogP contribution in [0.2, 0.25) is 5.02 Å². The first-order chi connectivity index (χ1) is 13.3. The molecule has 144 valence electrons. The maximum Gasteiger partial charge on any atom is 0.282 e. The molecule has 9 nitrogen and oxygen atoms in total. The largest absolute Gasteiger partial charge is 0.493 e. The first-order valence-electron chi connectivity index (χ1n) is 7.88. The number of rotatable bonds is 5. The summed E-state index contributed by atoms with van der Waals surface area (Å²) in [5, 5.41) is 12.8. The first-order valence-corrected chi connectivity index (χ1v) is 8.26. The van der Waals surface area contributed by atoms with Crippen molar-refractivity contribution >= 4 is 40.9 Å². The molecule has 1 fully saturated rings. The molecule has 1 aliphatic rings. The van der Waals surface area contributed by atoms with E-state index in [9.17, 15) is 19.7 Å². The normalized spacial score (nSPS) is 15.0. The monoisotopic (exact) mass is 403 g/mol. The van der Waals surface area contributed by atoms with Gasteiger partial charge in [0, 0.05) is 5.02 Å². The molecule has 0 unspecified atom stereocenters. The van der Waals surface area contributed by atoms with Crippen molar-refractivity contribution in [3.05, 3.63) is 62.7 Å². The van der Waals surface area contributed by atoms with Gasteiger partial charge in [-0.25, -0.2) is 5.01 Å². The van der Waals surface area contributed by atoms with E-state index < -0.39 is 16.7 Å². The third kappa shape index (κ3) is 3.47. The van der Waals surface area contributed by atoms with E-state index in [1.165, 1.54) is 26.4 Å². The minimum atomic E-state index is -0.700. The number of hydrazine groups is 1. The SMILES string of the molecule is COc1cc(C=C2C(=O)NN(c3cccc(Cl)c3)C2=O)c([N+](=O)[O-])cc1OC. The van der Waals surface area contributed by atoms with Crippen LogP contribution in [0.3, 0.4) is 0 Å². The number of anilines is 1. The van der Waals surface area contributed by atoms with Crippen LogP contribution in [0.15, 0.2) is 42.0 Å². The summed E-state index contributed by atoms with van der Waals surface area (Å²) < 4.78 is 10.2. The Balaban J connectivity index is 2.07. The summed E-state index contributed by atoms with van der Waals surface area (Å²) in [4.78, 5) is 35.8. The van der Waals surface area contributed by atoms with Crippen LogP contribution < -0.4 is 19.9 Å². The fourth-order valence-corrected chi connectivity index (χ4v) is 2.85. The van der Waals surface area contributed by atoms with Gasteiger partial charge in [0.05, 0.1) is 36.5 Å². The summed E-state index contributed by atoms with van der Waals surface area (Å²) >= 11 is 5.93. The molecule has 0 aromatic heterocycles. The standard InChI is InChI=1S/C18H14ClN3O6/c1-27-15-7-10(14(22(25)26)9-16(15)28-2)6-13-17(23)20-21(18(13)24)12-5-3-4-11(19)8-12/h3-9H,1-2H3,(H,20,23). The first kappa shape index (κ1) is 19.2. The van der Waals surface area contributed by atoms with Crippen LogP contribution in [0.25, 0.3) is 6.08 Å². The number of nitro benzene ring substituents is 1. The van der Waals surface area contributed by atoms with E-state index in [0.717, 1.165) is 17.2 Å². The average molecular weight is 404 g/mol. The molecule has 2 aromatic rings. The summed E-state index contributed by atoms with van der Waals surface area (Å²) in [5.74, 6) is -0.998. The highest BCUT2D eigenvalue weighted by molar-refractivity contribution is 6.33. The lowest BCUT2D eigenvalue weighted by atomic mass is 10.1. The number of halogens is 1. The molecule has 0 aliphatic carbocycles. The van der Waals surface area contributed by atoms with Crippen molar-refractivity contribution in [3.8, 4) is 11.5 Å². The van der Waals surface area contributed by atoms with E-state index in [-0.39, 0.29) is 28.3 Å². The molecule has 2 amide bonds. The van der Waals surface area contributed by atoms with E-state index in [0.29, 0.717) is 10.7 Å². The summed E-state index contributed by atoms with van der Waals surface area (Å²) in [5.41, 5.74) is 2.18. The third-order valence-electron chi connectivity index (χ3n) is 3.99. The molecule has 0 saturated carbocycles. The number of carbonyl (C=O) groups is 2. The van der Waals surface area contributed by atoms with Gasteiger partial charge in [-0.1, -0.05) is 17.7 Å². The van der Waals surface area contributed by atoms with Crippen LogP contribution in [0.5, 0.6) is 11.5 Å². The fourth-order valence-electron chi connectivity index (χ4n) is 2.67. The Morgan fingerprint density at radius 1 is 1.14 bits per heavy atom. The highest BCUT2D eigenvalue weighted by Gasteiger charge is 2.35. The van der Waals surface area contributed by atoms with Crippen molar-refractivity contribution in [1.29, 1.82) is 0 Å². The van der Waals surface area contributed by atoms with Gasteiger partial charge in [-0.05, 0) is 30.3 Å². The van der Waals surface area contributed by atoms with Crippen LogP contribution in [0, 0.1) is 10.1 Å². The zero-order chi connectivity index (χ0) is 20.4. The zero-order valence-corrected chi connectivity index (χ0v) is 15.5. The van der Waals surface area contributed by atoms with E-state index in [4.69, 9.17) is 21.1 Å². The number of nitro groups is 1. The van der Waals surface area contributed by atoms with Crippen LogP contribution in [-0.4, -0.2) is 31.0 Å². The lowest BCUT2D eigenvalue weighted by molar-refractivity contribution is -0.385. The molecule has 1 N–H and O–H groups in total. The topological polar surface area (TPSA) is 111 Å². The van der Waals surface area contributed by atoms with Gasteiger partial charge in [0.2, 0.25) is 0 Å². The second-order valence-corrected chi connectivity index (χ2v) is 6.08. The predicted octanol–water partition coefficient (Wildman–Crippen LogP) is 2.73. The maximum atomic E-state index is 12.7. The number of benzene rings is 2. The Hall–Kier alpha value is -3.59. The van der Waals surface area contributed by atoms with Crippen LogP contribution in [-0.2, 0) is 9.59 Å². The van der Waals surface area contributed by atoms with Gasteiger partial charge in [0.1, 0.15) is 5.57 Å².